The Morgan fingerprint density at radius 1 is 1.42 bits per heavy atom. The average Bonchev–Trinajstić information content (AvgIpc) is 2.03. The van der Waals surface area contributed by atoms with Gasteiger partial charge >= 0.3 is 5.97 Å². The van der Waals surface area contributed by atoms with E-state index in [1.165, 1.54) is 0 Å². The van der Waals surface area contributed by atoms with Crippen molar-refractivity contribution >= 4 is 18.6 Å². The predicted octanol–water partition coefficient (Wildman–Crippen LogP) is 1.27. The summed E-state index contributed by atoms with van der Waals surface area (Å²) in [5, 5.41) is -0.351. The fourth-order valence-corrected chi connectivity index (χ4v) is 0.643. The van der Waals surface area contributed by atoms with Gasteiger partial charge in [-0.3, -0.25) is 4.79 Å². The number of rotatable bonds is 6. The van der Waals surface area contributed by atoms with Crippen LogP contribution in [0.25, 0.3) is 0 Å². The first-order valence-electron chi connectivity index (χ1n) is 4.11. The Balaban J connectivity index is 3.14. The maximum absolute atomic E-state index is 10.8. The van der Waals surface area contributed by atoms with Crippen molar-refractivity contribution in [2.24, 2.45) is 0 Å². The monoisotopic (exact) mass is 192 g/mol. The molecule has 0 fully saturated rings. The van der Waals surface area contributed by atoms with E-state index in [2.05, 4.69) is 12.6 Å². The number of hydrogen-bond acceptors (Lipinski definition) is 4. The molecule has 0 rings (SSSR count). The molecule has 0 radical (unpaired) electrons. The molecule has 0 spiro atoms. The minimum absolute atomic E-state index is 0.293. The van der Waals surface area contributed by atoms with Gasteiger partial charge in [-0.25, -0.2) is 0 Å². The number of ether oxygens (including phenoxy) is 2. The van der Waals surface area contributed by atoms with E-state index in [9.17, 15) is 4.79 Å². The zero-order valence-corrected chi connectivity index (χ0v) is 8.47. The number of esters is 1. The van der Waals surface area contributed by atoms with Crippen molar-refractivity contribution < 1.29 is 14.3 Å². The smallest absolute Gasteiger partial charge is 0.318 e. The van der Waals surface area contributed by atoms with Gasteiger partial charge in [0.05, 0.1) is 11.9 Å². The van der Waals surface area contributed by atoms with E-state index in [1.54, 1.807) is 6.92 Å². The van der Waals surface area contributed by atoms with E-state index < -0.39 is 0 Å². The number of carbonyl (C=O) groups is 1. The molecular formula is C8H16O3S. The highest BCUT2D eigenvalue weighted by Gasteiger charge is 2.07. The summed E-state index contributed by atoms with van der Waals surface area (Å²) in [5.41, 5.74) is 0. The lowest BCUT2D eigenvalue weighted by molar-refractivity contribution is -0.144. The molecule has 0 aromatic heterocycles. The lowest BCUT2D eigenvalue weighted by atomic mass is 10.5. The molecule has 12 heavy (non-hydrogen) atoms. The first-order chi connectivity index (χ1) is 5.68. The molecular weight excluding hydrogens is 176 g/mol. The molecule has 0 amide bonds. The Morgan fingerprint density at radius 3 is 2.58 bits per heavy atom. The fraction of sp³-hybridized carbons (Fsp3) is 0.875. The van der Waals surface area contributed by atoms with Crippen LogP contribution in [-0.2, 0) is 14.3 Å². The van der Waals surface area contributed by atoms with E-state index >= 15 is 0 Å². The van der Waals surface area contributed by atoms with Crippen LogP contribution in [0.2, 0.25) is 0 Å². The van der Waals surface area contributed by atoms with Crippen molar-refractivity contribution in [3.63, 3.8) is 0 Å². The molecule has 72 valence electrons. The quantitative estimate of drug-likeness (QED) is 0.391. The van der Waals surface area contributed by atoms with Gasteiger partial charge < -0.3 is 9.47 Å². The summed E-state index contributed by atoms with van der Waals surface area (Å²) < 4.78 is 9.92. The van der Waals surface area contributed by atoms with E-state index in [-0.39, 0.29) is 11.2 Å². The number of carbonyl (C=O) groups excluding carboxylic acids is 1. The van der Waals surface area contributed by atoms with Crippen LogP contribution in [0.15, 0.2) is 0 Å². The highest BCUT2D eigenvalue weighted by molar-refractivity contribution is 7.81. The largest absolute Gasteiger partial charge is 0.462 e. The second kappa shape index (κ2) is 7.43. The fourth-order valence-electron chi connectivity index (χ4n) is 0.568. The van der Waals surface area contributed by atoms with Crippen LogP contribution < -0.4 is 0 Å². The van der Waals surface area contributed by atoms with E-state index in [0.717, 1.165) is 6.42 Å². The Bertz CT molecular complexity index is 125. The number of hydrogen-bond donors (Lipinski definition) is 1. The molecule has 0 N–H and O–H groups in total. The molecule has 1 unspecified atom stereocenters. The zero-order valence-electron chi connectivity index (χ0n) is 7.58. The van der Waals surface area contributed by atoms with Gasteiger partial charge in [0, 0.05) is 6.61 Å². The highest BCUT2D eigenvalue weighted by atomic mass is 32.1. The average molecular weight is 192 g/mol. The predicted molar refractivity (Wildman–Crippen MR) is 50.5 cm³/mol. The topological polar surface area (TPSA) is 35.5 Å². The third-order valence-electron chi connectivity index (χ3n) is 1.16. The summed E-state index contributed by atoms with van der Waals surface area (Å²) in [5.74, 6) is -0.293. The minimum Gasteiger partial charge on any atom is -0.462 e. The summed E-state index contributed by atoms with van der Waals surface area (Å²) in [6.07, 6.45) is 0.983. The van der Waals surface area contributed by atoms with Gasteiger partial charge in [0.1, 0.15) is 6.61 Å². The van der Waals surface area contributed by atoms with Gasteiger partial charge in [-0.15, -0.1) is 0 Å². The molecule has 0 aliphatic heterocycles. The van der Waals surface area contributed by atoms with Gasteiger partial charge in [0.2, 0.25) is 0 Å². The Kier molecular flexibility index (Phi) is 7.29. The maximum atomic E-state index is 10.8. The summed E-state index contributed by atoms with van der Waals surface area (Å²) in [6.45, 7) is 5.22. The van der Waals surface area contributed by atoms with Crippen molar-refractivity contribution in [2.75, 3.05) is 19.8 Å². The molecule has 0 aliphatic rings. The van der Waals surface area contributed by atoms with Crippen LogP contribution in [0, 0.1) is 0 Å². The molecule has 0 heterocycles. The molecule has 1 atom stereocenters. The molecule has 0 saturated carbocycles. The van der Waals surface area contributed by atoms with Crippen molar-refractivity contribution in [3.8, 4) is 0 Å². The Hall–Kier alpha value is -0.220. The SMILES string of the molecule is CCCOCCOC(=O)C(C)S. The zero-order chi connectivity index (χ0) is 9.40. The van der Waals surface area contributed by atoms with Gasteiger partial charge in [-0.1, -0.05) is 6.92 Å². The summed E-state index contributed by atoms with van der Waals surface area (Å²) in [6, 6.07) is 0. The van der Waals surface area contributed by atoms with Gasteiger partial charge in [0.25, 0.3) is 0 Å². The van der Waals surface area contributed by atoms with Gasteiger partial charge in [-0.2, -0.15) is 12.6 Å². The van der Waals surface area contributed by atoms with Crippen LogP contribution in [0.3, 0.4) is 0 Å². The molecule has 0 aliphatic carbocycles. The lowest BCUT2D eigenvalue weighted by Crippen LogP contribution is -2.17. The number of thiol groups is 1. The summed E-state index contributed by atoms with van der Waals surface area (Å²) in [7, 11) is 0. The highest BCUT2D eigenvalue weighted by Crippen LogP contribution is 1.95. The maximum Gasteiger partial charge on any atom is 0.318 e. The Labute approximate surface area is 78.8 Å². The second-order valence-corrected chi connectivity index (χ2v) is 3.23. The minimum atomic E-state index is -0.351. The molecule has 0 bridgehead atoms. The van der Waals surface area contributed by atoms with Crippen LogP contribution in [0.4, 0.5) is 0 Å². The van der Waals surface area contributed by atoms with Gasteiger partial charge in [-0.05, 0) is 13.3 Å². The second-order valence-electron chi connectivity index (χ2n) is 2.46. The Morgan fingerprint density at radius 2 is 2.08 bits per heavy atom. The van der Waals surface area contributed by atoms with Crippen molar-refractivity contribution in [2.45, 2.75) is 25.5 Å². The molecule has 0 aromatic carbocycles. The van der Waals surface area contributed by atoms with Crippen LogP contribution in [-0.4, -0.2) is 31.0 Å². The van der Waals surface area contributed by atoms with Crippen LogP contribution in [0.1, 0.15) is 20.3 Å². The lowest BCUT2D eigenvalue weighted by Gasteiger charge is -2.06. The third-order valence-corrected chi connectivity index (χ3v) is 1.37. The standard InChI is InChI=1S/C8H16O3S/c1-3-4-10-5-6-11-8(9)7(2)12/h7,12H,3-6H2,1-2H3. The van der Waals surface area contributed by atoms with Crippen molar-refractivity contribution in [3.05, 3.63) is 0 Å². The van der Waals surface area contributed by atoms with E-state index in [1.807, 2.05) is 6.92 Å². The third kappa shape index (κ3) is 6.49. The molecule has 0 aromatic rings. The first kappa shape index (κ1) is 11.8. The molecule has 4 heteroatoms. The summed E-state index contributed by atoms with van der Waals surface area (Å²) >= 11 is 3.92. The molecule has 3 nitrogen and oxygen atoms in total. The van der Waals surface area contributed by atoms with Gasteiger partial charge in [0.15, 0.2) is 0 Å². The van der Waals surface area contributed by atoms with E-state index in [0.29, 0.717) is 19.8 Å². The first-order valence-corrected chi connectivity index (χ1v) is 4.62. The van der Waals surface area contributed by atoms with Crippen LogP contribution in [0.5, 0.6) is 0 Å². The van der Waals surface area contributed by atoms with E-state index in [4.69, 9.17) is 9.47 Å². The van der Waals surface area contributed by atoms with Crippen molar-refractivity contribution in [1.29, 1.82) is 0 Å². The normalized spacial score (nSPS) is 12.6. The molecule has 0 saturated heterocycles. The van der Waals surface area contributed by atoms with Crippen molar-refractivity contribution in [1.82, 2.24) is 0 Å². The summed E-state index contributed by atoms with van der Waals surface area (Å²) in [4.78, 5) is 10.8. The van der Waals surface area contributed by atoms with Crippen LogP contribution >= 0.6 is 12.6 Å².